The van der Waals surface area contributed by atoms with E-state index in [1.54, 1.807) is 6.92 Å². The summed E-state index contributed by atoms with van der Waals surface area (Å²) in [6.45, 7) is 3.40. The van der Waals surface area contributed by atoms with Crippen molar-refractivity contribution in [1.29, 1.82) is 0 Å². The summed E-state index contributed by atoms with van der Waals surface area (Å²) in [5, 5.41) is 11.8. The molecule has 0 aliphatic rings. The van der Waals surface area contributed by atoms with Gasteiger partial charge in [-0.25, -0.2) is 4.79 Å². The molecule has 1 heterocycles. The monoisotopic (exact) mass is 345 g/mol. The molecule has 0 fully saturated rings. The lowest BCUT2D eigenvalue weighted by atomic mass is 10.2. The molecule has 1 aromatic carbocycles. The van der Waals surface area contributed by atoms with E-state index in [4.69, 9.17) is 14.3 Å². The van der Waals surface area contributed by atoms with Gasteiger partial charge in [0.1, 0.15) is 11.3 Å². The summed E-state index contributed by atoms with van der Waals surface area (Å²) in [7, 11) is 0. The summed E-state index contributed by atoms with van der Waals surface area (Å²) in [4.78, 5) is 23.1. The quantitative estimate of drug-likeness (QED) is 0.646. The Bertz CT molecular complexity index is 693. The number of furan rings is 1. The number of carbonyl (C=O) groups is 2. The van der Waals surface area contributed by atoms with Gasteiger partial charge in [-0.2, -0.15) is 0 Å². The topological polar surface area (TPSA) is 88.8 Å². The summed E-state index contributed by atoms with van der Waals surface area (Å²) < 4.78 is 10.9. The Morgan fingerprint density at radius 3 is 2.60 bits per heavy atom. The van der Waals surface area contributed by atoms with Crippen LogP contribution in [0.3, 0.4) is 0 Å². The number of carboxylic acids is 1. The minimum Gasteiger partial charge on any atom is -0.478 e. The number of ether oxygens (including phenoxy) is 1. The fraction of sp³-hybridized carbons (Fsp3) is 0.368. The zero-order chi connectivity index (χ0) is 18.1. The highest BCUT2D eigenvalue weighted by atomic mass is 16.5. The molecule has 134 valence electrons. The Hall–Kier alpha value is -2.60. The SMILES string of the molecule is CCc1oc(C(=O)NCCCOCCc2ccccc2)cc1C(=O)O. The van der Waals surface area contributed by atoms with Crippen molar-refractivity contribution in [3.05, 3.63) is 59.0 Å². The number of rotatable bonds is 10. The predicted octanol–water partition coefficient (Wildman–Crippen LogP) is 2.92. The minimum absolute atomic E-state index is 0.0271. The van der Waals surface area contributed by atoms with Gasteiger partial charge in [-0.1, -0.05) is 37.3 Å². The van der Waals surface area contributed by atoms with Crippen LogP contribution in [0.4, 0.5) is 0 Å². The first kappa shape index (κ1) is 18.7. The average molecular weight is 345 g/mol. The number of benzene rings is 1. The average Bonchev–Trinajstić information content (AvgIpc) is 3.06. The van der Waals surface area contributed by atoms with E-state index in [1.165, 1.54) is 11.6 Å². The van der Waals surface area contributed by atoms with Crippen LogP contribution in [0.5, 0.6) is 0 Å². The van der Waals surface area contributed by atoms with Crippen molar-refractivity contribution in [1.82, 2.24) is 5.32 Å². The van der Waals surface area contributed by atoms with E-state index >= 15 is 0 Å². The van der Waals surface area contributed by atoms with Gasteiger partial charge in [0.05, 0.1) is 6.61 Å². The lowest BCUT2D eigenvalue weighted by molar-refractivity contribution is 0.0694. The van der Waals surface area contributed by atoms with E-state index in [1.807, 2.05) is 18.2 Å². The first-order valence-electron chi connectivity index (χ1n) is 8.37. The van der Waals surface area contributed by atoms with Crippen LogP contribution in [0.15, 0.2) is 40.8 Å². The van der Waals surface area contributed by atoms with E-state index in [0.717, 1.165) is 6.42 Å². The van der Waals surface area contributed by atoms with Crippen LogP contribution < -0.4 is 5.32 Å². The second kappa shape index (κ2) is 9.64. The molecule has 2 rings (SSSR count). The molecule has 2 aromatic rings. The standard InChI is InChI=1S/C19H23NO5/c1-2-16-15(19(22)23)13-17(25-16)18(21)20-10-6-11-24-12-9-14-7-4-3-5-8-14/h3-5,7-8,13H,2,6,9-12H2,1H3,(H,20,21)(H,22,23). The Morgan fingerprint density at radius 1 is 1.20 bits per heavy atom. The van der Waals surface area contributed by atoms with Crippen LogP contribution in [-0.2, 0) is 17.6 Å². The maximum atomic E-state index is 12.0. The summed E-state index contributed by atoms with van der Waals surface area (Å²) in [6, 6.07) is 11.4. The molecule has 0 aliphatic carbocycles. The second-order valence-corrected chi connectivity index (χ2v) is 5.56. The number of carboxylic acid groups (broad SMARTS) is 1. The van der Waals surface area contributed by atoms with Crippen LogP contribution >= 0.6 is 0 Å². The van der Waals surface area contributed by atoms with Gasteiger partial charge >= 0.3 is 5.97 Å². The number of amides is 1. The molecular formula is C19H23NO5. The van der Waals surface area contributed by atoms with Crippen LogP contribution in [0.25, 0.3) is 0 Å². The minimum atomic E-state index is -1.09. The molecule has 0 aliphatic heterocycles. The van der Waals surface area contributed by atoms with Crippen molar-refractivity contribution in [2.45, 2.75) is 26.2 Å². The van der Waals surface area contributed by atoms with Crippen molar-refractivity contribution < 1.29 is 23.8 Å². The Balaban J connectivity index is 1.64. The van der Waals surface area contributed by atoms with Gasteiger partial charge in [0, 0.05) is 25.6 Å². The Morgan fingerprint density at radius 2 is 1.96 bits per heavy atom. The molecule has 1 aromatic heterocycles. The fourth-order valence-electron chi connectivity index (χ4n) is 2.38. The number of aryl methyl sites for hydroxylation is 1. The van der Waals surface area contributed by atoms with Gasteiger partial charge < -0.3 is 19.6 Å². The number of hydrogen-bond donors (Lipinski definition) is 2. The lowest BCUT2D eigenvalue weighted by Gasteiger charge is -2.05. The molecule has 6 heteroatoms. The molecule has 0 spiro atoms. The maximum Gasteiger partial charge on any atom is 0.339 e. The van der Waals surface area contributed by atoms with Gasteiger partial charge in [0.15, 0.2) is 5.76 Å². The molecule has 0 radical (unpaired) electrons. The molecule has 0 saturated carbocycles. The van der Waals surface area contributed by atoms with Crippen molar-refractivity contribution >= 4 is 11.9 Å². The van der Waals surface area contributed by atoms with E-state index in [9.17, 15) is 9.59 Å². The largest absolute Gasteiger partial charge is 0.478 e. The highest BCUT2D eigenvalue weighted by molar-refractivity contribution is 5.96. The third-order valence-electron chi connectivity index (χ3n) is 3.71. The second-order valence-electron chi connectivity index (χ2n) is 5.56. The molecular weight excluding hydrogens is 322 g/mol. The molecule has 0 atom stereocenters. The predicted molar refractivity (Wildman–Crippen MR) is 93.0 cm³/mol. The molecule has 25 heavy (non-hydrogen) atoms. The highest BCUT2D eigenvalue weighted by Crippen LogP contribution is 2.16. The smallest absolute Gasteiger partial charge is 0.339 e. The van der Waals surface area contributed by atoms with E-state index in [0.29, 0.717) is 38.4 Å². The fourth-order valence-corrected chi connectivity index (χ4v) is 2.38. The van der Waals surface area contributed by atoms with E-state index in [-0.39, 0.29) is 11.3 Å². The van der Waals surface area contributed by atoms with E-state index in [2.05, 4.69) is 17.4 Å². The Labute approximate surface area is 146 Å². The highest BCUT2D eigenvalue weighted by Gasteiger charge is 2.19. The number of aromatic carboxylic acids is 1. The van der Waals surface area contributed by atoms with Crippen LogP contribution in [0.2, 0.25) is 0 Å². The first-order chi connectivity index (χ1) is 12.1. The summed E-state index contributed by atoms with van der Waals surface area (Å²) in [5.74, 6) is -1.17. The van der Waals surface area contributed by atoms with Crippen molar-refractivity contribution in [3.63, 3.8) is 0 Å². The molecule has 2 N–H and O–H groups in total. The van der Waals surface area contributed by atoms with Gasteiger partial charge in [-0.15, -0.1) is 0 Å². The molecule has 6 nitrogen and oxygen atoms in total. The van der Waals surface area contributed by atoms with Crippen molar-refractivity contribution in [2.75, 3.05) is 19.8 Å². The maximum absolute atomic E-state index is 12.0. The van der Waals surface area contributed by atoms with Gasteiger partial charge in [0.2, 0.25) is 0 Å². The number of nitrogens with one attached hydrogen (secondary N) is 1. The van der Waals surface area contributed by atoms with Crippen molar-refractivity contribution in [2.24, 2.45) is 0 Å². The number of carbonyl (C=O) groups excluding carboxylic acids is 1. The normalized spacial score (nSPS) is 10.6. The third-order valence-corrected chi connectivity index (χ3v) is 3.71. The zero-order valence-corrected chi connectivity index (χ0v) is 14.3. The summed E-state index contributed by atoms with van der Waals surface area (Å²) in [5.41, 5.74) is 1.27. The third kappa shape index (κ3) is 5.76. The molecule has 0 saturated heterocycles. The molecule has 0 unspecified atom stereocenters. The summed E-state index contributed by atoms with van der Waals surface area (Å²) in [6.07, 6.45) is 1.95. The van der Waals surface area contributed by atoms with E-state index < -0.39 is 11.9 Å². The van der Waals surface area contributed by atoms with Crippen LogP contribution in [-0.4, -0.2) is 36.7 Å². The van der Waals surface area contributed by atoms with Crippen LogP contribution in [0.1, 0.15) is 45.6 Å². The number of hydrogen-bond acceptors (Lipinski definition) is 4. The Kier molecular flexibility index (Phi) is 7.22. The van der Waals surface area contributed by atoms with Gasteiger partial charge in [0.25, 0.3) is 5.91 Å². The molecule has 0 bridgehead atoms. The summed E-state index contributed by atoms with van der Waals surface area (Å²) >= 11 is 0. The van der Waals surface area contributed by atoms with Crippen molar-refractivity contribution in [3.8, 4) is 0 Å². The first-order valence-corrected chi connectivity index (χ1v) is 8.37. The van der Waals surface area contributed by atoms with Crippen LogP contribution in [0, 0.1) is 0 Å². The van der Waals surface area contributed by atoms with Gasteiger partial charge in [-0.3, -0.25) is 4.79 Å². The molecule has 1 amide bonds. The van der Waals surface area contributed by atoms with Gasteiger partial charge in [-0.05, 0) is 18.4 Å². The zero-order valence-electron chi connectivity index (χ0n) is 14.3. The lowest BCUT2D eigenvalue weighted by Crippen LogP contribution is -2.25.